The van der Waals surface area contributed by atoms with Crippen LogP contribution < -0.4 is 4.90 Å². The lowest BCUT2D eigenvalue weighted by Gasteiger charge is -2.37. The molecule has 0 saturated carbocycles. The Morgan fingerprint density at radius 3 is 2.60 bits per heavy atom. The quantitative estimate of drug-likeness (QED) is 0.788. The average molecular weight is 375 g/mol. The van der Waals surface area contributed by atoms with Gasteiger partial charge in [0.2, 0.25) is 0 Å². The molecular weight excluding hydrogens is 352 g/mol. The third-order valence-electron chi connectivity index (χ3n) is 4.56. The molecule has 1 amide bonds. The van der Waals surface area contributed by atoms with E-state index in [9.17, 15) is 4.79 Å². The van der Waals surface area contributed by atoms with E-state index in [4.69, 9.17) is 11.6 Å². The number of benzene rings is 2. The van der Waals surface area contributed by atoms with Gasteiger partial charge in [0.1, 0.15) is 0 Å². The van der Waals surface area contributed by atoms with Crippen LogP contribution in [-0.2, 0) is 5.75 Å². The van der Waals surface area contributed by atoms with Crippen LogP contribution in [0.5, 0.6) is 0 Å². The van der Waals surface area contributed by atoms with E-state index in [-0.39, 0.29) is 5.91 Å². The molecule has 132 valence electrons. The van der Waals surface area contributed by atoms with E-state index >= 15 is 0 Å². The van der Waals surface area contributed by atoms with Crippen LogP contribution in [0, 0.1) is 6.92 Å². The Balaban J connectivity index is 1.66. The zero-order valence-electron chi connectivity index (χ0n) is 14.7. The largest absolute Gasteiger partial charge is 0.368 e. The highest BCUT2D eigenvalue weighted by Crippen LogP contribution is 2.25. The van der Waals surface area contributed by atoms with Gasteiger partial charge >= 0.3 is 0 Å². The monoisotopic (exact) mass is 374 g/mol. The van der Waals surface area contributed by atoms with Crippen LogP contribution in [0.2, 0.25) is 5.02 Å². The molecule has 0 spiro atoms. The van der Waals surface area contributed by atoms with E-state index in [2.05, 4.69) is 24.1 Å². The summed E-state index contributed by atoms with van der Waals surface area (Å²) in [6, 6.07) is 14.0. The number of nitrogens with zero attached hydrogens (tertiary/aromatic N) is 2. The summed E-state index contributed by atoms with van der Waals surface area (Å²) in [4.78, 5) is 17.1. The predicted molar refractivity (Wildman–Crippen MR) is 108 cm³/mol. The second kappa shape index (κ2) is 8.15. The molecule has 25 heavy (non-hydrogen) atoms. The molecule has 0 aromatic heterocycles. The van der Waals surface area contributed by atoms with Crippen molar-refractivity contribution in [2.24, 2.45) is 0 Å². The first kappa shape index (κ1) is 18.2. The van der Waals surface area contributed by atoms with Crippen LogP contribution in [0.4, 0.5) is 5.69 Å². The number of rotatable bonds is 4. The Kier molecular flexibility index (Phi) is 5.92. The van der Waals surface area contributed by atoms with Crippen molar-refractivity contribution < 1.29 is 4.79 Å². The molecule has 2 aromatic carbocycles. The summed E-state index contributed by atoms with van der Waals surface area (Å²) >= 11 is 7.91. The maximum Gasteiger partial charge on any atom is 0.253 e. The number of carbonyl (C=O) groups excluding carboxylic acids is 1. The fourth-order valence-electron chi connectivity index (χ4n) is 3.22. The zero-order chi connectivity index (χ0) is 17.8. The first-order valence-electron chi connectivity index (χ1n) is 8.47. The number of aryl methyl sites for hydroxylation is 1. The van der Waals surface area contributed by atoms with Crippen LogP contribution in [0.1, 0.15) is 21.5 Å². The third-order valence-corrected chi connectivity index (χ3v) is 5.42. The smallest absolute Gasteiger partial charge is 0.253 e. The Labute approximate surface area is 159 Å². The van der Waals surface area contributed by atoms with E-state index in [1.54, 1.807) is 11.8 Å². The van der Waals surface area contributed by atoms with Crippen molar-refractivity contribution in [1.82, 2.24) is 4.90 Å². The molecule has 1 heterocycles. The van der Waals surface area contributed by atoms with Crippen LogP contribution in [0.25, 0.3) is 0 Å². The van der Waals surface area contributed by atoms with Gasteiger partial charge in [-0.1, -0.05) is 29.8 Å². The molecule has 0 atom stereocenters. The highest BCUT2D eigenvalue weighted by molar-refractivity contribution is 7.97. The summed E-state index contributed by atoms with van der Waals surface area (Å²) in [6.07, 6.45) is 2.07. The molecule has 0 unspecified atom stereocenters. The van der Waals surface area contributed by atoms with Crippen LogP contribution >= 0.6 is 23.4 Å². The zero-order valence-corrected chi connectivity index (χ0v) is 16.2. The Bertz CT molecular complexity index is 757. The summed E-state index contributed by atoms with van der Waals surface area (Å²) in [5.41, 5.74) is 4.38. The second-order valence-corrected chi connectivity index (χ2v) is 7.65. The van der Waals surface area contributed by atoms with Crippen molar-refractivity contribution >= 4 is 35.0 Å². The molecule has 1 saturated heterocycles. The summed E-state index contributed by atoms with van der Waals surface area (Å²) in [7, 11) is 0. The predicted octanol–water partition coefficient (Wildman–Crippen LogP) is 4.47. The van der Waals surface area contributed by atoms with Gasteiger partial charge in [-0.3, -0.25) is 4.79 Å². The number of amides is 1. The minimum absolute atomic E-state index is 0.130. The number of thioether (sulfide) groups is 1. The Morgan fingerprint density at radius 1 is 1.12 bits per heavy atom. The molecule has 1 aliphatic heterocycles. The molecular formula is C20H23ClN2OS. The third kappa shape index (κ3) is 4.31. The van der Waals surface area contributed by atoms with Gasteiger partial charge in [-0.2, -0.15) is 11.8 Å². The fraction of sp³-hybridized carbons (Fsp3) is 0.350. The van der Waals surface area contributed by atoms with Gasteiger partial charge in [-0.25, -0.2) is 0 Å². The van der Waals surface area contributed by atoms with Gasteiger partial charge in [0.05, 0.1) is 0 Å². The van der Waals surface area contributed by atoms with Crippen molar-refractivity contribution in [3.63, 3.8) is 0 Å². The van der Waals surface area contributed by atoms with Gasteiger partial charge in [0.15, 0.2) is 0 Å². The molecule has 0 N–H and O–H groups in total. The van der Waals surface area contributed by atoms with E-state index in [1.807, 2.05) is 41.3 Å². The number of carbonyl (C=O) groups is 1. The van der Waals surface area contributed by atoms with E-state index in [0.29, 0.717) is 0 Å². The summed E-state index contributed by atoms with van der Waals surface area (Å²) in [5.74, 6) is 1.06. The molecule has 3 nitrogen and oxygen atoms in total. The lowest BCUT2D eigenvalue weighted by atomic mass is 10.1. The molecule has 1 aliphatic rings. The summed E-state index contributed by atoms with van der Waals surface area (Å²) in [6.45, 7) is 5.23. The van der Waals surface area contributed by atoms with Crippen LogP contribution in [-0.4, -0.2) is 43.2 Å². The van der Waals surface area contributed by atoms with Gasteiger partial charge in [-0.05, 0) is 48.6 Å². The van der Waals surface area contributed by atoms with Crippen molar-refractivity contribution in [2.75, 3.05) is 37.3 Å². The van der Waals surface area contributed by atoms with E-state index in [1.165, 1.54) is 16.8 Å². The maximum absolute atomic E-state index is 12.8. The Hall–Kier alpha value is -1.65. The lowest BCUT2D eigenvalue weighted by Crippen LogP contribution is -2.49. The van der Waals surface area contributed by atoms with Crippen molar-refractivity contribution in [1.29, 1.82) is 0 Å². The van der Waals surface area contributed by atoms with Gasteiger partial charge in [-0.15, -0.1) is 0 Å². The molecule has 0 aliphatic carbocycles. The van der Waals surface area contributed by atoms with Crippen LogP contribution in [0.15, 0.2) is 42.5 Å². The Morgan fingerprint density at radius 2 is 1.88 bits per heavy atom. The summed E-state index contributed by atoms with van der Waals surface area (Å²) in [5, 5.41) is 0.754. The number of anilines is 1. The van der Waals surface area contributed by atoms with Gasteiger partial charge in [0.25, 0.3) is 5.91 Å². The standard InChI is InChI=1S/C20H23ClN2OS/c1-15-6-7-18(21)13-19(15)22-8-10-23(11-9-22)20(24)17-5-3-4-16(12-17)14-25-2/h3-7,12-13H,8-11,14H2,1-2H3. The van der Waals surface area contributed by atoms with E-state index < -0.39 is 0 Å². The average Bonchev–Trinajstić information content (AvgIpc) is 2.64. The molecule has 0 bridgehead atoms. The van der Waals surface area contributed by atoms with Crippen molar-refractivity contribution in [3.8, 4) is 0 Å². The lowest BCUT2D eigenvalue weighted by molar-refractivity contribution is 0.0746. The number of piperazine rings is 1. The van der Waals surface area contributed by atoms with Crippen LogP contribution in [0.3, 0.4) is 0 Å². The van der Waals surface area contributed by atoms with Crippen molar-refractivity contribution in [2.45, 2.75) is 12.7 Å². The maximum atomic E-state index is 12.8. The van der Waals surface area contributed by atoms with Crippen molar-refractivity contribution in [3.05, 3.63) is 64.2 Å². The number of hydrogen-bond donors (Lipinski definition) is 0. The highest BCUT2D eigenvalue weighted by atomic mass is 35.5. The second-order valence-electron chi connectivity index (χ2n) is 6.34. The topological polar surface area (TPSA) is 23.6 Å². The molecule has 3 rings (SSSR count). The number of hydrogen-bond acceptors (Lipinski definition) is 3. The fourth-order valence-corrected chi connectivity index (χ4v) is 3.90. The van der Waals surface area contributed by atoms with Gasteiger partial charge in [0, 0.05) is 48.2 Å². The van der Waals surface area contributed by atoms with Gasteiger partial charge < -0.3 is 9.80 Å². The normalized spacial score (nSPS) is 14.7. The minimum atomic E-state index is 0.130. The SMILES string of the molecule is CSCc1cccc(C(=O)N2CCN(c3cc(Cl)ccc3C)CC2)c1. The number of halogens is 1. The first-order chi connectivity index (χ1) is 12.1. The molecule has 2 aromatic rings. The first-order valence-corrected chi connectivity index (χ1v) is 10.2. The summed E-state index contributed by atoms with van der Waals surface area (Å²) < 4.78 is 0. The minimum Gasteiger partial charge on any atom is -0.368 e. The molecule has 1 fully saturated rings. The molecule has 0 radical (unpaired) electrons. The van der Waals surface area contributed by atoms with E-state index in [0.717, 1.165) is 42.5 Å². The molecule has 5 heteroatoms. The highest BCUT2D eigenvalue weighted by Gasteiger charge is 2.23.